The van der Waals surface area contributed by atoms with Crippen LogP contribution in [0.1, 0.15) is 45.4 Å². The van der Waals surface area contributed by atoms with E-state index in [0.717, 1.165) is 31.3 Å². The van der Waals surface area contributed by atoms with E-state index in [-0.39, 0.29) is 30.5 Å². The molecule has 0 amide bonds. The molecule has 1 saturated heterocycles. The number of allylic oxidation sites excluding steroid dienone is 1. The van der Waals surface area contributed by atoms with E-state index >= 15 is 0 Å². The lowest BCUT2D eigenvalue weighted by Gasteiger charge is -2.18. The molecule has 1 fully saturated rings. The largest absolute Gasteiger partial charge is 0.513 e. The first-order valence-electron chi connectivity index (χ1n) is 7.43. The number of rotatable bonds is 9. The third-order valence-electron chi connectivity index (χ3n) is 3.94. The van der Waals surface area contributed by atoms with Gasteiger partial charge < -0.3 is 20.1 Å². The molecule has 0 bridgehead atoms. The molecule has 1 aliphatic rings. The summed E-state index contributed by atoms with van der Waals surface area (Å²) in [5, 5.41) is 28.0. The lowest BCUT2D eigenvalue weighted by molar-refractivity contribution is 0.0287. The fourth-order valence-corrected chi connectivity index (χ4v) is 2.57. The van der Waals surface area contributed by atoms with Crippen LogP contribution in [0.25, 0.3) is 0 Å². The number of ether oxygens (including phenoxy) is 1. The van der Waals surface area contributed by atoms with E-state index < -0.39 is 6.10 Å². The molecule has 4 nitrogen and oxygen atoms in total. The van der Waals surface area contributed by atoms with E-state index in [1.807, 2.05) is 6.92 Å². The van der Waals surface area contributed by atoms with Crippen molar-refractivity contribution in [1.82, 2.24) is 0 Å². The minimum atomic E-state index is -0.457. The number of hydrogen-bond acceptors (Lipinski definition) is 4. The average Bonchev–Trinajstić information content (AvgIpc) is 2.74. The van der Waals surface area contributed by atoms with Gasteiger partial charge in [-0.1, -0.05) is 20.1 Å². The van der Waals surface area contributed by atoms with E-state index in [0.29, 0.717) is 12.8 Å². The summed E-state index contributed by atoms with van der Waals surface area (Å²) >= 11 is 0. The second-order valence-corrected chi connectivity index (χ2v) is 5.83. The molecule has 1 rings (SSSR count). The average molecular weight is 284 g/mol. The Labute approximate surface area is 121 Å². The van der Waals surface area contributed by atoms with Crippen molar-refractivity contribution >= 4 is 0 Å². The number of aliphatic hydroxyl groups is 3. The lowest BCUT2D eigenvalue weighted by atomic mass is 9.96. The van der Waals surface area contributed by atoms with Crippen LogP contribution in [0.15, 0.2) is 24.5 Å². The summed E-state index contributed by atoms with van der Waals surface area (Å²) in [5.74, 6) is 0.0321. The molecule has 0 aromatic heterocycles. The molecule has 3 N–H and O–H groups in total. The molecule has 1 aliphatic heterocycles. The lowest BCUT2D eigenvalue weighted by Crippen LogP contribution is -2.18. The van der Waals surface area contributed by atoms with Crippen LogP contribution in [0, 0.1) is 5.92 Å². The summed E-state index contributed by atoms with van der Waals surface area (Å²) < 4.78 is 5.89. The highest BCUT2D eigenvalue weighted by Crippen LogP contribution is 2.30. The molecule has 0 spiro atoms. The zero-order valence-corrected chi connectivity index (χ0v) is 12.4. The maximum absolute atomic E-state index is 9.95. The third-order valence-corrected chi connectivity index (χ3v) is 3.94. The standard InChI is InChI=1S/C16H28O4/c1-11(13(3)18)9-14(19)6-7-16-12(2)10-15(20-16)5-4-8-17/h11,14-19H,2-10H2,1H3/t11-,14-,15+,16+/m1/s1. The summed E-state index contributed by atoms with van der Waals surface area (Å²) in [6, 6.07) is 0. The fourth-order valence-electron chi connectivity index (χ4n) is 2.57. The molecule has 4 atom stereocenters. The van der Waals surface area contributed by atoms with Crippen molar-refractivity contribution in [3.63, 3.8) is 0 Å². The Morgan fingerprint density at radius 2 is 2.15 bits per heavy atom. The second-order valence-electron chi connectivity index (χ2n) is 5.83. The van der Waals surface area contributed by atoms with Crippen LogP contribution in [0.4, 0.5) is 0 Å². The summed E-state index contributed by atoms with van der Waals surface area (Å²) in [5.41, 5.74) is 1.08. The molecule has 0 aromatic carbocycles. The van der Waals surface area contributed by atoms with Crippen LogP contribution in [-0.4, -0.2) is 40.2 Å². The van der Waals surface area contributed by atoms with Crippen molar-refractivity contribution in [2.45, 2.75) is 63.8 Å². The van der Waals surface area contributed by atoms with Crippen LogP contribution >= 0.6 is 0 Å². The van der Waals surface area contributed by atoms with Crippen molar-refractivity contribution in [3.05, 3.63) is 24.5 Å². The second kappa shape index (κ2) is 8.45. The highest BCUT2D eigenvalue weighted by Gasteiger charge is 2.28. The maximum atomic E-state index is 9.95. The molecule has 0 saturated carbocycles. The van der Waals surface area contributed by atoms with Crippen LogP contribution < -0.4 is 0 Å². The molecule has 0 unspecified atom stereocenters. The van der Waals surface area contributed by atoms with Crippen molar-refractivity contribution in [1.29, 1.82) is 0 Å². The number of aliphatic hydroxyl groups excluding tert-OH is 3. The van der Waals surface area contributed by atoms with Gasteiger partial charge in [-0.3, -0.25) is 0 Å². The van der Waals surface area contributed by atoms with Gasteiger partial charge in [-0.05, 0) is 44.1 Å². The molecule has 1 heterocycles. The molecule has 4 heteroatoms. The Kier molecular flexibility index (Phi) is 7.27. The van der Waals surface area contributed by atoms with Gasteiger partial charge in [0.2, 0.25) is 0 Å². The first kappa shape index (κ1) is 17.2. The summed E-state index contributed by atoms with van der Waals surface area (Å²) in [6.45, 7) is 9.56. The van der Waals surface area contributed by atoms with Gasteiger partial charge in [-0.15, -0.1) is 0 Å². The molecule has 0 aliphatic carbocycles. The van der Waals surface area contributed by atoms with Gasteiger partial charge in [0.25, 0.3) is 0 Å². The minimum Gasteiger partial charge on any atom is -0.513 e. The monoisotopic (exact) mass is 284 g/mol. The zero-order chi connectivity index (χ0) is 15.1. The normalized spacial score (nSPS) is 25.6. The Morgan fingerprint density at radius 3 is 2.75 bits per heavy atom. The van der Waals surface area contributed by atoms with E-state index in [1.165, 1.54) is 0 Å². The molecular weight excluding hydrogens is 256 g/mol. The van der Waals surface area contributed by atoms with Gasteiger partial charge in [0, 0.05) is 12.5 Å². The van der Waals surface area contributed by atoms with Crippen molar-refractivity contribution in [2.75, 3.05) is 6.61 Å². The van der Waals surface area contributed by atoms with E-state index in [4.69, 9.17) is 9.84 Å². The Morgan fingerprint density at radius 1 is 1.45 bits per heavy atom. The van der Waals surface area contributed by atoms with Gasteiger partial charge >= 0.3 is 0 Å². The predicted molar refractivity (Wildman–Crippen MR) is 79.5 cm³/mol. The van der Waals surface area contributed by atoms with Crippen molar-refractivity contribution in [3.8, 4) is 0 Å². The summed E-state index contributed by atoms with van der Waals surface area (Å²) in [7, 11) is 0. The minimum absolute atomic E-state index is 0.0148. The highest BCUT2D eigenvalue weighted by molar-refractivity contribution is 5.09. The van der Waals surface area contributed by atoms with Gasteiger partial charge in [0.15, 0.2) is 0 Å². The van der Waals surface area contributed by atoms with Gasteiger partial charge in [0.1, 0.15) is 0 Å². The van der Waals surface area contributed by atoms with Crippen LogP contribution in [0.5, 0.6) is 0 Å². The molecule has 0 aromatic rings. The van der Waals surface area contributed by atoms with Gasteiger partial charge in [-0.2, -0.15) is 0 Å². The van der Waals surface area contributed by atoms with Gasteiger partial charge in [-0.25, -0.2) is 0 Å². The third kappa shape index (κ3) is 5.65. The molecular formula is C16H28O4. The summed E-state index contributed by atoms with van der Waals surface area (Å²) in [4.78, 5) is 0. The van der Waals surface area contributed by atoms with Gasteiger partial charge in [0.05, 0.1) is 24.1 Å². The summed E-state index contributed by atoms with van der Waals surface area (Å²) in [6.07, 6.45) is 4.08. The van der Waals surface area contributed by atoms with E-state index in [9.17, 15) is 10.2 Å². The Bertz CT molecular complexity index is 326. The molecule has 20 heavy (non-hydrogen) atoms. The van der Waals surface area contributed by atoms with Crippen LogP contribution in [0.3, 0.4) is 0 Å². The van der Waals surface area contributed by atoms with Crippen LogP contribution in [0.2, 0.25) is 0 Å². The van der Waals surface area contributed by atoms with E-state index in [1.54, 1.807) is 0 Å². The first-order chi connectivity index (χ1) is 9.43. The fraction of sp³-hybridized carbons (Fsp3) is 0.750. The Balaban J connectivity index is 2.27. The van der Waals surface area contributed by atoms with E-state index in [2.05, 4.69) is 13.2 Å². The van der Waals surface area contributed by atoms with Crippen molar-refractivity contribution < 1.29 is 20.1 Å². The number of hydrogen-bond donors (Lipinski definition) is 3. The Hall–Kier alpha value is -0.840. The predicted octanol–water partition coefficient (Wildman–Crippen LogP) is 2.71. The highest BCUT2D eigenvalue weighted by atomic mass is 16.5. The molecule has 116 valence electrons. The first-order valence-corrected chi connectivity index (χ1v) is 7.43. The molecule has 0 radical (unpaired) electrons. The van der Waals surface area contributed by atoms with Crippen LogP contribution in [-0.2, 0) is 4.74 Å². The zero-order valence-electron chi connectivity index (χ0n) is 12.4. The maximum Gasteiger partial charge on any atom is 0.0880 e. The SMILES string of the molecule is C=C(O)[C@H](C)C[C@H](O)CC[C@@H]1O[C@@H](CCCO)CC1=C. The van der Waals surface area contributed by atoms with Crippen molar-refractivity contribution in [2.24, 2.45) is 5.92 Å². The quantitative estimate of drug-likeness (QED) is 0.450. The topological polar surface area (TPSA) is 69.9 Å². The smallest absolute Gasteiger partial charge is 0.0880 e.